The molecule has 4 rings (SSSR count). The zero-order valence-electron chi connectivity index (χ0n) is 20.6. The first-order valence-corrected chi connectivity index (χ1v) is 13.6. The maximum Gasteiger partial charge on any atom is 0.119 e. The Labute approximate surface area is 202 Å². The summed E-state index contributed by atoms with van der Waals surface area (Å²) in [6, 6.07) is 19.3. The molecule has 0 saturated carbocycles. The van der Waals surface area contributed by atoms with Gasteiger partial charge >= 0.3 is 0 Å². The van der Waals surface area contributed by atoms with Gasteiger partial charge in [0.25, 0.3) is 0 Å². The third-order valence-electron chi connectivity index (χ3n) is 7.57. The zero-order chi connectivity index (χ0) is 22.6. The van der Waals surface area contributed by atoms with Crippen molar-refractivity contribution in [1.82, 2.24) is 9.80 Å². The minimum atomic E-state index is 0.831. The van der Waals surface area contributed by atoms with Crippen molar-refractivity contribution in [3.05, 3.63) is 65.7 Å². The van der Waals surface area contributed by atoms with Crippen LogP contribution >= 0.6 is 0 Å². The molecule has 0 N–H and O–H groups in total. The second-order valence-electron chi connectivity index (χ2n) is 10.2. The van der Waals surface area contributed by atoms with Crippen LogP contribution in [0.4, 0.5) is 0 Å². The van der Waals surface area contributed by atoms with Crippen LogP contribution in [0.2, 0.25) is 0 Å². The van der Waals surface area contributed by atoms with E-state index in [0.29, 0.717) is 0 Å². The molecule has 0 atom stereocenters. The second-order valence-corrected chi connectivity index (χ2v) is 10.2. The molecule has 3 heteroatoms. The molecule has 180 valence electrons. The Morgan fingerprint density at radius 3 is 2.00 bits per heavy atom. The highest BCUT2D eigenvalue weighted by Gasteiger charge is 2.19. The highest BCUT2D eigenvalue weighted by Crippen LogP contribution is 2.22. The Bertz CT molecular complexity index is 762. The molecule has 0 spiro atoms. The number of likely N-dealkylation sites (tertiary alicyclic amines) is 2. The number of rotatable bonds is 12. The summed E-state index contributed by atoms with van der Waals surface area (Å²) in [4.78, 5) is 5.37. The van der Waals surface area contributed by atoms with E-state index in [2.05, 4.69) is 64.4 Å². The molecule has 2 heterocycles. The molecule has 0 aliphatic carbocycles. The van der Waals surface area contributed by atoms with E-state index in [-0.39, 0.29) is 0 Å². The van der Waals surface area contributed by atoms with Crippen LogP contribution in [0.5, 0.6) is 5.75 Å². The van der Waals surface area contributed by atoms with E-state index in [0.717, 1.165) is 24.7 Å². The first-order valence-electron chi connectivity index (χ1n) is 13.6. The fourth-order valence-electron chi connectivity index (χ4n) is 5.41. The predicted octanol–water partition coefficient (Wildman–Crippen LogP) is 6.41. The standard InChI is InChI=1S/C30H44N2O/c1-4-10-28(11-5-1)26-29-12-14-30(15-13-29)33-25-18-27-16-23-32(24-17-27)22-9-3-8-21-31-19-6-2-7-20-31/h1,4-5,10-15,27H,2-3,6-9,16-26H2. The fraction of sp³-hybridized carbons (Fsp3) is 0.600. The Hall–Kier alpha value is -1.84. The number of ether oxygens (including phenoxy) is 1. The summed E-state index contributed by atoms with van der Waals surface area (Å²) in [5, 5.41) is 0. The average Bonchev–Trinajstić information content (AvgIpc) is 2.87. The van der Waals surface area contributed by atoms with E-state index in [1.807, 2.05) is 0 Å². The van der Waals surface area contributed by atoms with E-state index in [9.17, 15) is 0 Å². The van der Waals surface area contributed by atoms with Gasteiger partial charge in [0, 0.05) is 0 Å². The number of hydrogen-bond acceptors (Lipinski definition) is 3. The summed E-state index contributed by atoms with van der Waals surface area (Å²) in [5.41, 5.74) is 2.70. The quantitative estimate of drug-likeness (QED) is 0.349. The van der Waals surface area contributed by atoms with Crippen molar-refractivity contribution >= 4 is 0 Å². The SMILES string of the molecule is c1ccc(Cc2ccc(OCCC3CCN(CCCCCN4CCCCC4)CC3)cc2)cc1. The highest BCUT2D eigenvalue weighted by molar-refractivity contribution is 5.31. The third kappa shape index (κ3) is 8.79. The Morgan fingerprint density at radius 1 is 0.667 bits per heavy atom. The molecule has 33 heavy (non-hydrogen) atoms. The first-order chi connectivity index (χ1) is 16.3. The molecular weight excluding hydrogens is 404 g/mol. The van der Waals surface area contributed by atoms with Crippen molar-refractivity contribution in [3.8, 4) is 5.75 Å². The molecule has 0 unspecified atom stereocenters. The minimum Gasteiger partial charge on any atom is -0.494 e. The van der Waals surface area contributed by atoms with Gasteiger partial charge in [-0.25, -0.2) is 0 Å². The van der Waals surface area contributed by atoms with Gasteiger partial charge in [-0.05, 0) is 120 Å². The van der Waals surface area contributed by atoms with E-state index >= 15 is 0 Å². The van der Waals surface area contributed by atoms with Gasteiger partial charge in [-0.1, -0.05) is 55.3 Å². The van der Waals surface area contributed by atoms with Crippen LogP contribution < -0.4 is 4.74 Å². The third-order valence-corrected chi connectivity index (χ3v) is 7.57. The molecular formula is C30H44N2O. The van der Waals surface area contributed by atoms with Crippen LogP contribution in [0.15, 0.2) is 54.6 Å². The van der Waals surface area contributed by atoms with Gasteiger partial charge in [-0.2, -0.15) is 0 Å². The number of unbranched alkanes of at least 4 members (excludes halogenated alkanes) is 2. The van der Waals surface area contributed by atoms with Gasteiger partial charge in [-0.15, -0.1) is 0 Å². The van der Waals surface area contributed by atoms with Crippen LogP contribution in [0.1, 0.15) is 68.9 Å². The van der Waals surface area contributed by atoms with Crippen LogP contribution in [-0.4, -0.2) is 55.7 Å². The molecule has 0 aromatic heterocycles. The van der Waals surface area contributed by atoms with Gasteiger partial charge in [0.15, 0.2) is 0 Å². The van der Waals surface area contributed by atoms with Gasteiger partial charge < -0.3 is 14.5 Å². The average molecular weight is 449 g/mol. The van der Waals surface area contributed by atoms with E-state index in [1.54, 1.807) is 0 Å². The largest absolute Gasteiger partial charge is 0.494 e. The summed E-state index contributed by atoms with van der Waals surface area (Å²) in [7, 11) is 0. The summed E-state index contributed by atoms with van der Waals surface area (Å²) < 4.78 is 6.06. The monoisotopic (exact) mass is 448 g/mol. The van der Waals surface area contributed by atoms with Gasteiger partial charge in [0.05, 0.1) is 6.61 Å². The number of hydrogen-bond donors (Lipinski definition) is 0. The van der Waals surface area contributed by atoms with Crippen molar-refractivity contribution in [1.29, 1.82) is 0 Å². The summed E-state index contributed by atoms with van der Waals surface area (Å²) in [6.45, 7) is 8.74. The molecule has 2 fully saturated rings. The lowest BCUT2D eigenvalue weighted by atomic mass is 9.94. The van der Waals surface area contributed by atoms with E-state index in [1.165, 1.54) is 108 Å². The molecule has 0 amide bonds. The number of nitrogens with zero attached hydrogens (tertiary/aromatic N) is 2. The van der Waals surface area contributed by atoms with Crippen LogP contribution in [0, 0.1) is 5.92 Å². The van der Waals surface area contributed by atoms with Crippen LogP contribution in [0.3, 0.4) is 0 Å². The molecule has 0 radical (unpaired) electrons. The fourth-order valence-corrected chi connectivity index (χ4v) is 5.41. The summed E-state index contributed by atoms with van der Waals surface area (Å²) in [6.07, 6.45) is 13.3. The van der Waals surface area contributed by atoms with Crippen molar-refractivity contribution in [3.63, 3.8) is 0 Å². The number of piperidine rings is 2. The Balaban J connectivity index is 1.03. The molecule has 3 nitrogen and oxygen atoms in total. The van der Waals surface area contributed by atoms with Gasteiger partial charge in [0.2, 0.25) is 0 Å². The summed E-state index contributed by atoms with van der Waals surface area (Å²) >= 11 is 0. The highest BCUT2D eigenvalue weighted by atomic mass is 16.5. The maximum absolute atomic E-state index is 6.06. The smallest absolute Gasteiger partial charge is 0.119 e. The lowest BCUT2D eigenvalue weighted by Crippen LogP contribution is -2.35. The maximum atomic E-state index is 6.06. The van der Waals surface area contributed by atoms with Crippen molar-refractivity contribution < 1.29 is 4.74 Å². The van der Waals surface area contributed by atoms with Gasteiger partial charge in [-0.3, -0.25) is 0 Å². The zero-order valence-corrected chi connectivity index (χ0v) is 20.6. The summed E-state index contributed by atoms with van der Waals surface area (Å²) in [5.74, 6) is 1.84. The van der Waals surface area contributed by atoms with Gasteiger partial charge in [0.1, 0.15) is 5.75 Å². The van der Waals surface area contributed by atoms with Crippen LogP contribution in [-0.2, 0) is 6.42 Å². The molecule has 2 aromatic rings. The van der Waals surface area contributed by atoms with E-state index < -0.39 is 0 Å². The Morgan fingerprint density at radius 2 is 1.30 bits per heavy atom. The van der Waals surface area contributed by atoms with E-state index in [4.69, 9.17) is 4.74 Å². The van der Waals surface area contributed by atoms with Crippen molar-refractivity contribution in [2.75, 3.05) is 45.9 Å². The molecule has 2 aliphatic rings. The molecule has 0 bridgehead atoms. The van der Waals surface area contributed by atoms with Crippen molar-refractivity contribution in [2.24, 2.45) is 5.92 Å². The predicted molar refractivity (Wildman–Crippen MR) is 139 cm³/mol. The number of benzene rings is 2. The second kappa shape index (κ2) is 13.8. The topological polar surface area (TPSA) is 15.7 Å². The molecule has 2 saturated heterocycles. The molecule has 2 aliphatic heterocycles. The van der Waals surface area contributed by atoms with Crippen molar-refractivity contribution in [2.45, 2.75) is 64.2 Å². The van der Waals surface area contributed by atoms with Crippen LogP contribution in [0.25, 0.3) is 0 Å². The minimum absolute atomic E-state index is 0.831. The lowest BCUT2D eigenvalue weighted by Gasteiger charge is -2.32. The first kappa shape index (κ1) is 24.3. The molecule has 2 aromatic carbocycles. The Kier molecular flexibility index (Phi) is 10.1. The lowest BCUT2D eigenvalue weighted by molar-refractivity contribution is 0.160. The normalized spacial score (nSPS) is 18.4.